The number of halogens is 2. The molecule has 3 aromatic rings. The van der Waals surface area contributed by atoms with Gasteiger partial charge in [-0.15, -0.1) is 0 Å². The number of anilines is 1. The summed E-state index contributed by atoms with van der Waals surface area (Å²) in [5, 5.41) is 22.4. The van der Waals surface area contributed by atoms with Crippen LogP contribution in [0, 0.1) is 15.9 Å². The maximum absolute atomic E-state index is 13.6. The van der Waals surface area contributed by atoms with E-state index in [1.807, 2.05) is 0 Å². The normalized spacial score (nSPS) is 17.6. The van der Waals surface area contributed by atoms with Gasteiger partial charge in [-0.3, -0.25) is 24.6 Å². The third-order valence-corrected chi connectivity index (χ3v) is 5.28. The predicted octanol–water partition coefficient (Wildman–Crippen LogP) is 5.01. The smallest absolute Gasteiger partial charge is 0.300 e. The molecule has 1 fully saturated rings. The van der Waals surface area contributed by atoms with Gasteiger partial charge in [0.15, 0.2) is 0 Å². The van der Waals surface area contributed by atoms with E-state index in [0.29, 0.717) is 16.3 Å². The molecule has 1 N–H and O–H groups in total. The monoisotopic (exact) mass is 452 g/mol. The van der Waals surface area contributed by atoms with Gasteiger partial charge in [0, 0.05) is 28.4 Å². The van der Waals surface area contributed by atoms with E-state index in [4.69, 9.17) is 11.6 Å². The van der Waals surface area contributed by atoms with Crippen LogP contribution < -0.4 is 4.90 Å². The number of rotatable bonds is 4. The summed E-state index contributed by atoms with van der Waals surface area (Å²) in [5.41, 5.74) is 0.0820. The van der Waals surface area contributed by atoms with Crippen LogP contribution in [-0.2, 0) is 9.59 Å². The van der Waals surface area contributed by atoms with E-state index in [2.05, 4.69) is 0 Å². The third kappa shape index (κ3) is 3.72. The number of nitro benzene ring substituents is 1. The third-order valence-electron chi connectivity index (χ3n) is 5.05. The molecule has 160 valence electrons. The summed E-state index contributed by atoms with van der Waals surface area (Å²) in [6.07, 6.45) is 0. The highest BCUT2D eigenvalue weighted by Crippen LogP contribution is 2.42. The largest absolute Gasteiger partial charge is 0.507 e. The Bertz CT molecular complexity index is 1290. The van der Waals surface area contributed by atoms with E-state index >= 15 is 0 Å². The molecule has 0 spiro atoms. The Morgan fingerprint density at radius 2 is 1.72 bits per heavy atom. The first-order valence-electron chi connectivity index (χ1n) is 9.35. The Morgan fingerprint density at radius 1 is 1.03 bits per heavy atom. The van der Waals surface area contributed by atoms with Gasteiger partial charge in [-0.2, -0.15) is 0 Å². The van der Waals surface area contributed by atoms with E-state index in [1.54, 1.807) is 18.2 Å². The Hall–Kier alpha value is -4.04. The summed E-state index contributed by atoms with van der Waals surface area (Å²) in [7, 11) is 0. The molecular weight excluding hydrogens is 439 g/mol. The van der Waals surface area contributed by atoms with Crippen LogP contribution >= 0.6 is 11.6 Å². The number of carbonyl (C=O) groups excluding carboxylic acids is 2. The Labute approximate surface area is 186 Å². The first-order valence-corrected chi connectivity index (χ1v) is 9.72. The lowest BCUT2D eigenvalue weighted by atomic mass is 9.95. The van der Waals surface area contributed by atoms with Gasteiger partial charge in [-0.25, -0.2) is 4.39 Å². The van der Waals surface area contributed by atoms with Gasteiger partial charge in [-0.1, -0.05) is 41.9 Å². The first-order chi connectivity index (χ1) is 15.3. The fourth-order valence-corrected chi connectivity index (χ4v) is 3.79. The number of nitro groups is 1. The van der Waals surface area contributed by atoms with Crippen molar-refractivity contribution in [1.82, 2.24) is 0 Å². The Balaban J connectivity index is 1.95. The van der Waals surface area contributed by atoms with Crippen molar-refractivity contribution < 1.29 is 24.0 Å². The van der Waals surface area contributed by atoms with E-state index < -0.39 is 34.2 Å². The molecular formula is C23H14ClFN2O5. The van der Waals surface area contributed by atoms with Crippen LogP contribution in [0.4, 0.5) is 15.8 Å². The highest BCUT2D eigenvalue weighted by atomic mass is 35.5. The topological polar surface area (TPSA) is 101 Å². The number of aliphatic hydroxyl groups excluding tert-OH is 1. The molecule has 3 aromatic carbocycles. The van der Waals surface area contributed by atoms with E-state index in [-0.39, 0.29) is 16.8 Å². The van der Waals surface area contributed by atoms with E-state index in [9.17, 15) is 29.2 Å². The number of hydrogen-bond acceptors (Lipinski definition) is 5. The summed E-state index contributed by atoms with van der Waals surface area (Å²) in [6, 6.07) is 15.3. The van der Waals surface area contributed by atoms with E-state index in [0.717, 1.165) is 11.0 Å². The van der Waals surface area contributed by atoms with Gasteiger partial charge in [-0.05, 0) is 35.9 Å². The minimum absolute atomic E-state index is 0.00425. The number of Topliss-reactive ketones (excluding diaryl/α,β-unsaturated/α-hetero) is 1. The molecule has 9 heteroatoms. The minimum atomic E-state index is -1.10. The molecule has 0 aromatic heterocycles. The summed E-state index contributed by atoms with van der Waals surface area (Å²) in [5.74, 6) is -3.00. The van der Waals surface area contributed by atoms with Gasteiger partial charge in [0.1, 0.15) is 11.6 Å². The van der Waals surface area contributed by atoms with Crippen LogP contribution in [0.5, 0.6) is 0 Å². The maximum atomic E-state index is 13.6. The summed E-state index contributed by atoms with van der Waals surface area (Å²) >= 11 is 6.07. The molecule has 1 heterocycles. The Morgan fingerprint density at radius 3 is 2.38 bits per heavy atom. The molecule has 1 unspecified atom stereocenters. The highest BCUT2D eigenvalue weighted by molar-refractivity contribution is 6.51. The van der Waals surface area contributed by atoms with Crippen molar-refractivity contribution in [1.29, 1.82) is 0 Å². The van der Waals surface area contributed by atoms with Gasteiger partial charge < -0.3 is 5.11 Å². The van der Waals surface area contributed by atoms with Crippen LogP contribution in [-0.4, -0.2) is 21.7 Å². The zero-order valence-electron chi connectivity index (χ0n) is 16.2. The number of aliphatic hydroxyl groups is 1. The zero-order valence-corrected chi connectivity index (χ0v) is 17.0. The average Bonchev–Trinajstić information content (AvgIpc) is 3.04. The van der Waals surface area contributed by atoms with Crippen LogP contribution in [0.1, 0.15) is 17.2 Å². The lowest BCUT2D eigenvalue weighted by Gasteiger charge is -2.25. The molecule has 0 saturated carbocycles. The molecule has 1 aliphatic heterocycles. The summed E-state index contributed by atoms with van der Waals surface area (Å²) in [4.78, 5) is 37.7. The van der Waals surface area contributed by atoms with Gasteiger partial charge in [0.25, 0.3) is 17.4 Å². The molecule has 0 aliphatic carbocycles. The number of hydrogen-bond donors (Lipinski definition) is 1. The van der Waals surface area contributed by atoms with Crippen LogP contribution in [0.25, 0.3) is 5.76 Å². The summed E-state index contributed by atoms with van der Waals surface area (Å²) < 4.78 is 13.6. The molecule has 0 bridgehead atoms. The van der Waals surface area contributed by atoms with Gasteiger partial charge >= 0.3 is 0 Å². The van der Waals surface area contributed by atoms with Crippen molar-refractivity contribution in [2.45, 2.75) is 6.04 Å². The number of amides is 1. The number of carbonyl (C=O) groups is 2. The second-order valence-electron chi connectivity index (χ2n) is 7.01. The Kier molecular flexibility index (Phi) is 5.46. The van der Waals surface area contributed by atoms with Crippen molar-refractivity contribution >= 4 is 40.4 Å². The molecule has 1 aliphatic rings. The molecule has 4 rings (SSSR count). The first kappa shape index (κ1) is 21.2. The predicted molar refractivity (Wildman–Crippen MR) is 116 cm³/mol. The standard InChI is InChI=1S/C23H14ClFN2O5/c24-15-4-2-5-17(12-15)26-20(13-7-9-16(25)10-8-13)19(22(29)23(26)30)21(28)14-3-1-6-18(11-14)27(31)32/h1-12,20,28H/b21-19-. The number of ketones is 1. The quantitative estimate of drug-likeness (QED) is 0.197. The fraction of sp³-hybridized carbons (Fsp3) is 0.0435. The van der Waals surface area contributed by atoms with Crippen LogP contribution in [0.3, 0.4) is 0 Å². The van der Waals surface area contributed by atoms with Gasteiger partial charge in [0.2, 0.25) is 0 Å². The van der Waals surface area contributed by atoms with Crippen LogP contribution in [0.2, 0.25) is 5.02 Å². The molecule has 32 heavy (non-hydrogen) atoms. The fourth-order valence-electron chi connectivity index (χ4n) is 3.61. The van der Waals surface area contributed by atoms with E-state index in [1.165, 1.54) is 48.5 Å². The van der Waals surface area contributed by atoms with Crippen molar-refractivity contribution in [2.24, 2.45) is 0 Å². The SMILES string of the molecule is O=C1C(=O)N(c2cccc(Cl)c2)C(c2ccc(F)cc2)/C1=C(/O)c1cccc([N+](=O)[O-])c1. The lowest BCUT2D eigenvalue weighted by molar-refractivity contribution is -0.384. The van der Waals surface area contributed by atoms with Crippen molar-refractivity contribution in [3.8, 4) is 0 Å². The average molecular weight is 453 g/mol. The lowest BCUT2D eigenvalue weighted by Crippen LogP contribution is -2.29. The van der Waals surface area contributed by atoms with Gasteiger partial charge in [0.05, 0.1) is 16.5 Å². The molecule has 7 nitrogen and oxygen atoms in total. The highest BCUT2D eigenvalue weighted by Gasteiger charge is 2.47. The maximum Gasteiger partial charge on any atom is 0.300 e. The summed E-state index contributed by atoms with van der Waals surface area (Å²) in [6.45, 7) is 0. The van der Waals surface area contributed by atoms with Crippen molar-refractivity contribution in [3.05, 3.63) is 110 Å². The second kappa shape index (κ2) is 8.24. The molecule has 1 amide bonds. The van der Waals surface area contributed by atoms with Crippen molar-refractivity contribution in [3.63, 3.8) is 0 Å². The number of non-ortho nitro benzene ring substituents is 1. The van der Waals surface area contributed by atoms with Crippen molar-refractivity contribution in [2.75, 3.05) is 4.90 Å². The minimum Gasteiger partial charge on any atom is -0.507 e. The molecule has 1 saturated heterocycles. The number of benzene rings is 3. The van der Waals surface area contributed by atoms with Crippen LogP contribution in [0.15, 0.2) is 78.4 Å². The zero-order chi connectivity index (χ0) is 23.0. The second-order valence-corrected chi connectivity index (χ2v) is 7.44. The molecule has 0 radical (unpaired) electrons. The number of nitrogens with zero attached hydrogens (tertiary/aromatic N) is 2. The molecule has 1 atom stereocenters.